The molecule has 0 aliphatic rings. The summed E-state index contributed by atoms with van der Waals surface area (Å²) in [5.41, 5.74) is 1.01. The van der Waals surface area contributed by atoms with Crippen LogP contribution >= 0.6 is 23.1 Å². The Labute approximate surface area is 136 Å². The van der Waals surface area contributed by atoms with Gasteiger partial charge in [0, 0.05) is 29.9 Å². The van der Waals surface area contributed by atoms with Crippen LogP contribution < -0.4 is 0 Å². The maximum Gasteiger partial charge on any atom is 0.229 e. The Morgan fingerprint density at radius 3 is 2.82 bits per heavy atom. The van der Waals surface area contributed by atoms with E-state index >= 15 is 0 Å². The summed E-state index contributed by atoms with van der Waals surface area (Å²) in [5, 5.41) is 11.1. The van der Waals surface area contributed by atoms with Gasteiger partial charge in [0.2, 0.25) is 11.8 Å². The average molecular weight is 333 g/mol. The number of thioether (sulfide) groups is 1. The van der Waals surface area contributed by atoms with Crippen molar-refractivity contribution in [3.63, 3.8) is 0 Å². The van der Waals surface area contributed by atoms with Gasteiger partial charge in [0.25, 0.3) is 0 Å². The Morgan fingerprint density at radius 1 is 1.27 bits per heavy atom. The van der Waals surface area contributed by atoms with Crippen LogP contribution in [-0.2, 0) is 12.2 Å². The molecule has 0 bridgehead atoms. The molecule has 0 amide bonds. The number of rotatable bonds is 6. The second-order valence-corrected chi connectivity index (χ2v) is 6.74. The summed E-state index contributed by atoms with van der Waals surface area (Å²) in [6.07, 6.45) is 4.21. The molecule has 6 nitrogen and oxygen atoms in total. The molecule has 0 N–H and O–H groups in total. The lowest BCUT2D eigenvalue weighted by molar-refractivity contribution is 0.456. The Bertz CT molecular complexity index is 728. The first-order valence-corrected chi connectivity index (χ1v) is 8.84. The first-order valence-electron chi connectivity index (χ1n) is 6.92. The van der Waals surface area contributed by atoms with E-state index in [0.717, 1.165) is 22.9 Å². The lowest BCUT2D eigenvalue weighted by Gasteiger charge is -2.04. The Kier molecular flexibility index (Phi) is 4.79. The van der Waals surface area contributed by atoms with Crippen LogP contribution in [0.15, 0.2) is 28.3 Å². The van der Waals surface area contributed by atoms with E-state index in [4.69, 9.17) is 4.42 Å². The van der Waals surface area contributed by atoms with E-state index in [9.17, 15) is 0 Å². The molecular formula is C14H15N5OS2. The maximum absolute atomic E-state index is 5.58. The second-order valence-electron chi connectivity index (χ2n) is 4.56. The monoisotopic (exact) mass is 333 g/mol. The van der Waals surface area contributed by atoms with Gasteiger partial charge in [-0.2, -0.15) is 0 Å². The molecule has 3 aromatic heterocycles. The van der Waals surface area contributed by atoms with Crippen molar-refractivity contribution in [2.75, 3.05) is 0 Å². The van der Waals surface area contributed by atoms with E-state index in [2.05, 4.69) is 32.1 Å². The highest BCUT2D eigenvalue weighted by atomic mass is 32.2. The molecule has 8 heteroatoms. The molecule has 3 heterocycles. The van der Waals surface area contributed by atoms with Crippen molar-refractivity contribution < 1.29 is 4.42 Å². The van der Waals surface area contributed by atoms with Gasteiger partial charge in [0.05, 0.1) is 10.9 Å². The number of nitrogens with zero attached hydrogens (tertiary/aromatic N) is 5. The van der Waals surface area contributed by atoms with E-state index in [1.807, 2.05) is 12.3 Å². The van der Waals surface area contributed by atoms with Crippen molar-refractivity contribution in [1.29, 1.82) is 0 Å². The summed E-state index contributed by atoms with van der Waals surface area (Å²) in [7, 11) is 0. The molecule has 114 valence electrons. The minimum Gasteiger partial charge on any atom is -0.424 e. The summed E-state index contributed by atoms with van der Waals surface area (Å²) >= 11 is 3.28. The molecular weight excluding hydrogens is 318 g/mol. The zero-order valence-corrected chi connectivity index (χ0v) is 13.9. The van der Waals surface area contributed by atoms with Gasteiger partial charge in [0.1, 0.15) is 0 Å². The third kappa shape index (κ3) is 3.50. The lowest BCUT2D eigenvalue weighted by atomic mass is 10.5. The molecule has 0 fully saturated rings. The molecule has 1 atom stereocenters. The molecule has 1 unspecified atom stereocenters. The van der Waals surface area contributed by atoms with Crippen molar-refractivity contribution in [3.8, 4) is 10.8 Å². The second kappa shape index (κ2) is 6.97. The minimum absolute atomic E-state index is 0.144. The third-order valence-electron chi connectivity index (χ3n) is 2.92. The number of aryl methyl sites for hydroxylation is 1. The largest absolute Gasteiger partial charge is 0.424 e. The van der Waals surface area contributed by atoms with Crippen molar-refractivity contribution in [3.05, 3.63) is 41.3 Å². The van der Waals surface area contributed by atoms with Crippen LogP contribution in [0.3, 0.4) is 0 Å². The number of thiazole rings is 1. The number of hydrogen-bond donors (Lipinski definition) is 0. The van der Waals surface area contributed by atoms with Crippen LogP contribution in [0.2, 0.25) is 0 Å². The van der Waals surface area contributed by atoms with E-state index in [1.165, 1.54) is 0 Å². The zero-order valence-electron chi connectivity index (χ0n) is 12.3. The maximum atomic E-state index is 5.58. The third-order valence-corrected chi connectivity index (χ3v) is 4.97. The van der Waals surface area contributed by atoms with Crippen molar-refractivity contribution >= 4 is 23.1 Å². The van der Waals surface area contributed by atoms with Crippen molar-refractivity contribution in [2.24, 2.45) is 0 Å². The standard InChI is InChI=1S/C14H15N5OS2/c1-3-11-18-19-13(20-11)9(2)21-7-10-8-22-14(17-10)12-15-5-4-6-16-12/h4-6,8-9H,3,7H2,1-2H3. The highest BCUT2D eigenvalue weighted by Crippen LogP contribution is 2.31. The molecule has 22 heavy (non-hydrogen) atoms. The summed E-state index contributed by atoms with van der Waals surface area (Å²) in [6.45, 7) is 4.06. The quantitative estimate of drug-likeness (QED) is 0.682. The molecule has 0 aromatic carbocycles. The van der Waals surface area contributed by atoms with Gasteiger partial charge in [-0.15, -0.1) is 33.3 Å². The molecule has 3 aromatic rings. The van der Waals surface area contributed by atoms with Gasteiger partial charge < -0.3 is 4.42 Å². The lowest BCUT2D eigenvalue weighted by Crippen LogP contribution is -1.91. The average Bonchev–Trinajstić information content (AvgIpc) is 3.22. The first-order chi connectivity index (χ1) is 10.8. The van der Waals surface area contributed by atoms with E-state index in [-0.39, 0.29) is 5.25 Å². The van der Waals surface area contributed by atoms with Gasteiger partial charge in [0.15, 0.2) is 10.8 Å². The first kappa shape index (κ1) is 15.1. The van der Waals surface area contributed by atoms with Gasteiger partial charge in [-0.25, -0.2) is 15.0 Å². The molecule has 0 aliphatic carbocycles. The van der Waals surface area contributed by atoms with Gasteiger partial charge in [-0.05, 0) is 13.0 Å². The van der Waals surface area contributed by atoms with Crippen LogP contribution in [0.25, 0.3) is 10.8 Å². The number of hydrogen-bond acceptors (Lipinski definition) is 8. The van der Waals surface area contributed by atoms with E-state index < -0.39 is 0 Å². The van der Waals surface area contributed by atoms with E-state index in [1.54, 1.807) is 41.6 Å². The highest BCUT2D eigenvalue weighted by molar-refractivity contribution is 7.98. The molecule has 0 radical (unpaired) electrons. The zero-order chi connectivity index (χ0) is 15.4. The normalized spacial score (nSPS) is 12.5. The van der Waals surface area contributed by atoms with Gasteiger partial charge in [-0.1, -0.05) is 6.92 Å². The van der Waals surface area contributed by atoms with Crippen LogP contribution in [0.5, 0.6) is 0 Å². The number of aromatic nitrogens is 5. The highest BCUT2D eigenvalue weighted by Gasteiger charge is 2.15. The van der Waals surface area contributed by atoms with Gasteiger partial charge in [-0.3, -0.25) is 0 Å². The summed E-state index contributed by atoms with van der Waals surface area (Å²) < 4.78 is 5.58. The van der Waals surface area contributed by atoms with Crippen molar-refractivity contribution in [1.82, 2.24) is 25.1 Å². The van der Waals surface area contributed by atoms with Crippen LogP contribution in [0.4, 0.5) is 0 Å². The minimum atomic E-state index is 0.144. The van der Waals surface area contributed by atoms with Crippen LogP contribution in [-0.4, -0.2) is 25.1 Å². The predicted molar refractivity (Wildman–Crippen MR) is 86.5 cm³/mol. The Morgan fingerprint density at radius 2 is 2.09 bits per heavy atom. The van der Waals surface area contributed by atoms with Crippen molar-refractivity contribution in [2.45, 2.75) is 31.3 Å². The van der Waals surface area contributed by atoms with Crippen LogP contribution in [0.1, 0.15) is 36.6 Å². The van der Waals surface area contributed by atoms with Gasteiger partial charge >= 0.3 is 0 Å². The fraction of sp³-hybridized carbons (Fsp3) is 0.357. The SMILES string of the molecule is CCc1nnc(C(C)SCc2csc(-c3ncccn3)n2)o1. The summed E-state index contributed by atoms with van der Waals surface area (Å²) in [6, 6.07) is 1.80. The van der Waals surface area contributed by atoms with E-state index in [0.29, 0.717) is 17.6 Å². The smallest absolute Gasteiger partial charge is 0.229 e. The molecule has 0 aliphatic heterocycles. The Hall–Kier alpha value is -1.80. The summed E-state index contributed by atoms with van der Waals surface area (Å²) in [4.78, 5) is 13.0. The Balaban J connectivity index is 1.61. The molecule has 0 saturated carbocycles. The topological polar surface area (TPSA) is 77.6 Å². The molecule has 3 rings (SSSR count). The summed E-state index contributed by atoms with van der Waals surface area (Å²) in [5.74, 6) is 2.80. The van der Waals surface area contributed by atoms with Crippen LogP contribution in [0, 0.1) is 0 Å². The predicted octanol–water partition coefficient (Wildman–Crippen LogP) is 3.54. The molecule has 0 saturated heterocycles. The molecule has 0 spiro atoms. The fourth-order valence-electron chi connectivity index (χ4n) is 1.74. The fourth-order valence-corrected chi connectivity index (χ4v) is 3.42.